The fraction of sp³-hybridized carbons (Fsp3) is 0.571. The number of rotatable bonds is 6. The summed E-state index contributed by atoms with van der Waals surface area (Å²) in [6.45, 7) is 5.64. The Hall–Kier alpha value is -1.26. The highest BCUT2D eigenvalue weighted by Gasteiger charge is 2.32. The zero-order valence-electron chi connectivity index (χ0n) is 11.3. The van der Waals surface area contributed by atoms with Gasteiger partial charge in [0.05, 0.1) is 27.4 Å². The van der Waals surface area contributed by atoms with Crippen LogP contribution in [0, 0.1) is 5.41 Å². The quantitative estimate of drug-likeness (QED) is 0.837. The van der Waals surface area contributed by atoms with Crippen LogP contribution in [-0.2, 0) is 11.3 Å². The fourth-order valence-corrected chi connectivity index (χ4v) is 2.07. The molecule has 1 fully saturated rings. The van der Waals surface area contributed by atoms with Crippen LogP contribution in [0.2, 0.25) is 0 Å². The van der Waals surface area contributed by atoms with Gasteiger partial charge < -0.3 is 19.5 Å². The van der Waals surface area contributed by atoms with Gasteiger partial charge in [-0.25, -0.2) is 0 Å². The maximum atomic E-state index is 5.35. The number of nitrogens with one attached hydrogen (secondary N) is 1. The van der Waals surface area contributed by atoms with Gasteiger partial charge in [-0.1, -0.05) is 6.92 Å². The molecule has 100 valence electrons. The zero-order valence-corrected chi connectivity index (χ0v) is 11.3. The van der Waals surface area contributed by atoms with Gasteiger partial charge in [0.15, 0.2) is 0 Å². The lowest BCUT2D eigenvalue weighted by molar-refractivity contribution is -0.0991. The van der Waals surface area contributed by atoms with Gasteiger partial charge in [-0.3, -0.25) is 0 Å². The third kappa shape index (κ3) is 2.94. The molecular weight excluding hydrogens is 230 g/mol. The van der Waals surface area contributed by atoms with Crippen LogP contribution in [0.1, 0.15) is 12.5 Å². The van der Waals surface area contributed by atoms with Crippen molar-refractivity contribution in [3.05, 3.63) is 23.8 Å². The van der Waals surface area contributed by atoms with E-state index in [0.29, 0.717) is 0 Å². The van der Waals surface area contributed by atoms with Crippen LogP contribution >= 0.6 is 0 Å². The monoisotopic (exact) mass is 251 g/mol. The van der Waals surface area contributed by atoms with Gasteiger partial charge in [-0.05, 0) is 18.2 Å². The molecule has 0 amide bonds. The molecular formula is C14H21NO3. The molecule has 0 aliphatic carbocycles. The molecule has 0 bridgehead atoms. The highest BCUT2D eigenvalue weighted by molar-refractivity contribution is 5.40. The smallest absolute Gasteiger partial charge is 0.123 e. The molecule has 0 atom stereocenters. The van der Waals surface area contributed by atoms with E-state index >= 15 is 0 Å². The van der Waals surface area contributed by atoms with Gasteiger partial charge in [0.2, 0.25) is 0 Å². The summed E-state index contributed by atoms with van der Waals surface area (Å²) in [6, 6.07) is 5.85. The van der Waals surface area contributed by atoms with E-state index in [0.717, 1.165) is 43.4 Å². The van der Waals surface area contributed by atoms with Crippen molar-refractivity contribution in [3.63, 3.8) is 0 Å². The second kappa shape index (κ2) is 5.59. The first-order chi connectivity index (χ1) is 8.67. The predicted octanol–water partition coefficient (Wildman–Crippen LogP) is 1.83. The molecule has 1 heterocycles. The molecule has 1 saturated heterocycles. The molecule has 2 rings (SSSR count). The zero-order chi connectivity index (χ0) is 13.0. The largest absolute Gasteiger partial charge is 0.497 e. The number of methoxy groups -OCH3 is 2. The second-order valence-electron chi connectivity index (χ2n) is 5.08. The number of ether oxygens (including phenoxy) is 3. The van der Waals surface area contributed by atoms with E-state index < -0.39 is 0 Å². The summed E-state index contributed by atoms with van der Waals surface area (Å²) in [5.74, 6) is 1.74. The summed E-state index contributed by atoms with van der Waals surface area (Å²) >= 11 is 0. The highest BCUT2D eigenvalue weighted by atomic mass is 16.5. The van der Waals surface area contributed by atoms with Gasteiger partial charge in [0.25, 0.3) is 0 Å². The van der Waals surface area contributed by atoms with Crippen LogP contribution in [0.25, 0.3) is 0 Å². The SMILES string of the molecule is COc1ccc(OC)c(CNCC2(C)COC2)c1. The molecule has 1 aliphatic heterocycles. The number of hydrogen-bond acceptors (Lipinski definition) is 4. The minimum atomic E-state index is 0.284. The van der Waals surface area contributed by atoms with Gasteiger partial charge in [0, 0.05) is 24.1 Å². The van der Waals surface area contributed by atoms with Crippen molar-refractivity contribution in [3.8, 4) is 11.5 Å². The molecule has 4 nitrogen and oxygen atoms in total. The summed E-state index contributed by atoms with van der Waals surface area (Å²) in [5.41, 5.74) is 1.40. The maximum absolute atomic E-state index is 5.35. The molecule has 1 aromatic carbocycles. The Kier molecular flexibility index (Phi) is 4.09. The molecule has 1 N–H and O–H groups in total. The molecule has 18 heavy (non-hydrogen) atoms. The van der Waals surface area contributed by atoms with E-state index in [1.165, 1.54) is 0 Å². The lowest BCUT2D eigenvalue weighted by atomic mass is 9.89. The fourth-order valence-electron chi connectivity index (χ4n) is 2.07. The first kappa shape index (κ1) is 13.2. The van der Waals surface area contributed by atoms with Crippen molar-refractivity contribution in [2.75, 3.05) is 34.0 Å². The third-order valence-corrected chi connectivity index (χ3v) is 3.26. The summed E-state index contributed by atoms with van der Waals surface area (Å²) < 4.78 is 15.8. The predicted molar refractivity (Wildman–Crippen MR) is 70.2 cm³/mol. The van der Waals surface area contributed by atoms with Crippen molar-refractivity contribution < 1.29 is 14.2 Å². The van der Waals surface area contributed by atoms with Crippen LogP contribution in [-0.4, -0.2) is 34.0 Å². The van der Waals surface area contributed by atoms with Gasteiger partial charge in [-0.2, -0.15) is 0 Å². The summed E-state index contributed by atoms with van der Waals surface area (Å²) in [7, 11) is 3.36. The highest BCUT2D eigenvalue weighted by Crippen LogP contribution is 2.27. The Balaban J connectivity index is 1.94. The van der Waals surface area contributed by atoms with Crippen molar-refractivity contribution in [2.45, 2.75) is 13.5 Å². The summed E-state index contributed by atoms with van der Waals surface area (Å²) in [4.78, 5) is 0. The molecule has 4 heteroatoms. The molecule has 0 aromatic heterocycles. The minimum absolute atomic E-state index is 0.284. The topological polar surface area (TPSA) is 39.7 Å². The molecule has 0 unspecified atom stereocenters. The Labute approximate surface area is 108 Å². The number of benzene rings is 1. The molecule has 0 spiro atoms. The van der Waals surface area contributed by atoms with Crippen molar-refractivity contribution in [1.82, 2.24) is 5.32 Å². The van der Waals surface area contributed by atoms with E-state index in [1.807, 2.05) is 18.2 Å². The standard InChI is InChI=1S/C14H21NO3/c1-14(9-18-10-14)8-15-7-11-6-12(16-2)4-5-13(11)17-3/h4-6,15H,7-10H2,1-3H3. The van der Waals surface area contributed by atoms with Crippen LogP contribution < -0.4 is 14.8 Å². The maximum Gasteiger partial charge on any atom is 0.123 e. The molecule has 1 aliphatic rings. The normalized spacial score (nSPS) is 17.1. The van der Waals surface area contributed by atoms with E-state index in [9.17, 15) is 0 Å². The molecule has 1 aromatic rings. The average molecular weight is 251 g/mol. The average Bonchev–Trinajstić information content (AvgIpc) is 2.36. The first-order valence-electron chi connectivity index (χ1n) is 6.16. The Morgan fingerprint density at radius 1 is 1.28 bits per heavy atom. The van der Waals surface area contributed by atoms with E-state index in [4.69, 9.17) is 14.2 Å². The molecule has 0 radical (unpaired) electrons. The van der Waals surface area contributed by atoms with E-state index in [1.54, 1.807) is 14.2 Å². The van der Waals surface area contributed by atoms with Crippen LogP contribution in [0.15, 0.2) is 18.2 Å². The first-order valence-corrected chi connectivity index (χ1v) is 6.16. The van der Waals surface area contributed by atoms with Crippen molar-refractivity contribution >= 4 is 0 Å². The number of hydrogen-bond donors (Lipinski definition) is 1. The Bertz CT molecular complexity index is 402. The van der Waals surface area contributed by atoms with Crippen LogP contribution in [0.5, 0.6) is 11.5 Å². The minimum Gasteiger partial charge on any atom is -0.497 e. The van der Waals surface area contributed by atoms with Crippen molar-refractivity contribution in [2.24, 2.45) is 5.41 Å². The second-order valence-corrected chi connectivity index (χ2v) is 5.08. The van der Waals surface area contributed by atoms with Crippen molar-refractivity contribution in [1.29, 1.82) is 0 Å². The summed E-state index contributed by atoms with van der Waals surface area (Å²) in [6.07, 6.45) is 0. The van der Waals surface area contributed by atoms with E-state index in [-0.39, 0.29) is 5.41 Å². The van der Waals surface area contributed by atoms with Gasteiger partial charge in [-0.15, -0.1) is 0 Å². The summed E-state index contributed by atoms with van der Waals surface area (Å²) in [5, 5.41) is 3.45. The Morgan fingerprint density at radius 3 is 2.61 bits per heavy atom. The molecule has 0 saturated carbocycles. The van der Waals surface area contributed by atoms with Gasteiger partial charge in [0.1, 0.15) is 11.5 Å². The lowest BCUT2D eigenvalue weighted by Crippen LogP contribution is -2.47. The van der Waals surface area contributed by atoms with E-state index in [2.05, 4.69) is 12.2 Å². The van der Waals surface area contributed by atoms with Crippen LogP contribution in [0.4, 0.5) is 0 Å². The lowest BCUT2D eigenvalue weighted by Gasteiger charge is -2.38. The Morgan fingerprint density at radius 2 is 2.06 bits per heavy atom. The van der Waals surface area contributed by atoms with Crippen LogP contribution in [0.3, 0.4) is 0 Å². The third-order valence-electron chi connectivity index (χ3n) is 3.26. The van der Waals surface area contributed by atoms with Gasteiger partial charge >= 0.3 is 0 Å².